The third-order valence-electron chi connectivity index (χ3n) is 5.04. The Balaban J connectivity index is 1.43. The maximum atomic E-state index is 12.7. The summed E-state index contributed by atoms with van der Waals surface area (Å²) in [6.45, 7) is 4.27. The van der Waals surface area contributed by atoms with E-state index >= 15 is 0 Å². The van der Waals surface area contributed by atoms with E-state index in [-0.39, 0.29) is 17.3 Å². The molecule has 1 amide bonds. The number of rotatable bonds is 9. The first-order valence-corrected chi connectivity index (χ1v) is 11.9. The summed E-state index contributed by atoms with van der Waals surface area (Å²) < 4.78 is 44.0. The molecule has 172 valence electrons. The van der Waals surface area contributed by atoms with Crippen LogP contribution >= 0.6 is 0 Å². The largest absolute Gasteiger partial charge is 0.490 e. The summed E-state index contributed by atoms with van der Waals surface area (Å²) >= 11 is 0. The van der Waals surface area contributed by atoms with E-state index in [1.165, 1.54) is 30.5 Å². The van der Waals surface area contributed by atoms with Gasteiger partial charge in [-0.1, -0.05) is 12.1 Å². The molecule has 0 aliphatic carbocycles. The minimum atomic E-state index is -3.74. The normalized spacial score (nSPS) is 12.5. The number of nitrogens with one attached hydrogen (secondary N) is 2. The van der Waals surface area contributed by atoms with E-state index in [0.717, 1.165) is 5.39 Å². The Kier molecular flexibility index (Phi) is 6.52. The Hall–Kier alpha value is -3.56. The molecule has 0 radical (unpaired) electrons. The van der Waals surface area contributed by atoms with Crippen LogP contribution < -0.4 is 14.8 Å². The van der Waals surface area contributed by atoms with E-state index in [1.54, 1.807) is 12.1 Å². The van der Waals surface area contributed by atoms with E-state index in [1.807, 2.05) is 38.1 Å². The standard InChI is InChI=1S/C24H24N2O6S/c1-3-30-21-8-4-6-18-14-22(32-23(18)21)16(2)26-24(27)17-9-11-20(12-10-17)33(28,29)25-15-19-7-5-13-31-19/h4-14,16,25H,3,15H2,1-2H3,(H,26,27). The van der Waals surface area contributed by atoms with Crippen LogP contribution in [-0.2, 0) is 16.6 Å². The maximum absolute atomic E-state index is 12.7. The van der Waals surface area contributed by atoms with Gasteiger partial charge in [0.15, 0.2) is 11.3 Å². The molecule has 2 N–H and O–H groups in total. The molecule has 4 rings (SSSR count). The molecule has 2 aromatic carbocycles. The highest BCUT2D eigenvalue weighted by molar-refractivity contribution is 7.89. The first-order chi connectivity index (χ1) is 15.9. The fourth-order valence-corrected chi connectivity index (χ4v) is 4.33. The van der Waals surface area contributed by atoms with Gasteiger partial charge in [0.25, 0.3) is 5.91 Å². The van der Waals surface area contributed by atoms with Crippen molar-refractivity contribution >= 4 is 26.9 Å². The Morgan fingerprint density at radius 1 is 1.09 bits per heavy atom. The van der Waals surface area contributed by atoms with Gasteiger partial charge < -0.3 is 18.9 Å². The van der Waals surface area contributed by atoms with Crippen LogP contribution in [0.4, 0.5) is 0 Å². The van der Waals surface area contributed by atoms with Crippen molar-refractivity contribution in [1.82, 2.24) is 10.0 Å². The summed E-state index contributed by atoms with van der Waals surface area (Å²) in [7, 11) is -3.74. The van der Waals surface area contributed by atoms with Crippen LogP contribution in [0, 0.1) is 0 Å². The van der Waals surface area contributed by atoms with Crippen LogP contribution in [0.15, 0.2) is 80.7 Å². The lowest BCUT2D eigenvalue weighted by molar-refractivity contribution is 0.0935. The molecule has 8 nitrogen and oxygen atoms in total. The summed E-state index contributed by atoms with van der Waals surface area (Å²) in [6.07, 6.45) is 1.47. The zero-order valence-corrected chi connectivity index (χ0v) is 19.0. The molecule has 2 aromatic heterocycles. The van der Waals surface area contributed by atoms with E-state index in [2.05, 4.69) is 10.0 Å². The molecular formula is C24H24N2O6S. The first kappa shape index (κ1) is 22.6. The zero-order valence-electron chi connectivity index (χ0n) is 18.2. The lowest BCUT2D eigenvalue weighted by Gasteiger charge is -2.12. The lowest BCUT2D eigenvalue weighted by atomic mass is 10.1. The van der Waals surface area contributed by atoms with Gasteiger partial charge in [-0.15, -0.1) is 0 Å². The van der Waals surface area contributed by atoms with Gasteiger partial charge in [0.05, 0.1) is 30.4 Å². The number of furan rings is 2. The van der Waals surface area contributed by atoms with Crippen LogP contribution in [0.2, 0.25) is 0 Å². The Labute approximate surface area is 191 Å². The molecule has 4 aromatic rings. The SMILES string of the molecule is CCOc1cccc2cc(C(C)NC(=O)c3ccc(S(=O)(=O)NCc4ccco4)cc3)oc12. The van der Waals surface area contributed by atoms with Gasteiger partial charge in [-0.25, -0.2) is 13.1 Å². The molecule has 33 heavy (non-hydrogen) atoms. The topological polar surface area (TPSA) is 111 Å². The second-order valence-corrected chi connectivity index (χ2v) is 9.15. The summed E-state index contributed by atoms with van der Waals surface area (Å²) in [5.41, 5.74) is 0.963. The number of hydrogen-bond acceptors (Lipinski definition) is 6. The molecule has 0 aliphatic heterocycles. The van der Waals surface area contributed by atoms with Crippen LogP contribution in [0.3, 0.4) is 0 Å². The molecule has 0 bridgehead atoms. The van der Waals surface area contributed by atoms with Gasteiger partial charge in [-0.05, 0) is 62.4 Å². The van der Waals surface area contributed by atoms with Gasteiger partial charge in [-0.2, -0.15) is 0 Å². The minimum Gasteiger partial charge on any atom is -0.490 e. The molecule has 0 saturated carbocycles. The number of carbonyl (C=O) groups is 1. The van der Waals surface area contributed by atoms with E-state index in [0.29, 0.717) is 35.0 Å². The minimum absolute atomic E-state index is 0.0393. The third-order valence-corrected chi connectivity index (χ3v) is 6.46. The highest BCUT2D eigenvalue weighted by atomic mass is 32.2. The number of para-hydroxylation sites is 1. The van der Waals surface area contributed by atoms with Gasteiger partial charge in [0.1, 0.15) is 11.5 Å². The van der Waals surface area contributed by atoms with Crippen LogP contribution in [0.1, 0.15) is 41.8 Å². The third kappa shape index (κ3) is 5.10. The summed E-state index contributed by atoms with van der Waals surface area (Å²) in [5.74, 6) is 1.40. The molecule has 9 heteroatoms. The van der Waals surface area contributed by atoms with Crippen molar-refractivity contribution in [3.8, 4) is 5.75 Å². The molecule has 0 aliphatic rings. The van der Waals surface area contributed by atoms with Crippen LogP contribution in [0.25, 0.3) is 11.0 Å². The van der Waals surface area contributed by atoms with E-state index in [9.17, 15) is 13.2 Å². The second-order valence-electron chi connectivity index (χ2n) is 7.38. The average molecular weight is 469 g/mol. The Morgan fingerprint density at radius 3 is 2.58 bits per heavy atom. The second kappa shape index (κ2) is 9.51. The van der Waals surface area contributed by atoms with Crippen molar-refractivity contribution in [2.24, 2.45) is 0 Å². The maximum Gasteiger partial charge on any atom is 0.251 e. The summed E-state index contributed by atoms with van der Waals surface area (Å²) in [4.78, 5) is 12.8. The number of sulfonamides is 1. The smallest absolute Gasteiger partial charge is 0.251 e. The zero-order chi connectivity index (χ0) is 23.4. The van der Waals surface area contributed by atoms with Crippen molar-refractivity contribution in [3.05, 3.63) is 84.0 Å². The number of amides is 1. The number of hydrogen-bond donors (Lipinski definition) is 2. The fraction of sp³-hybridized carbons (Fsp3) is 0.208. The van der Waals surface area contributed by atoms with Crippen LogP contribution in [0.5, 0.6) is 5.75 Å². The molecule has 0 spiro atoms. The molecule has 1 atom stereocenters. The number of ether oxygens (including phenoxy) is 1. The predicted octanol–water partition coefficient (Wildman–Crippen LogP) is 4.39. The van der Waals surface area contributed by atoms with E-state index in [4.69, 9.17) is 13.6 Å². The van der Waals surface area contributed by atoms with Gasteiger partial charge >= 0.3 is 0 Å². The lowest BCUT2D eigenvalue weighted by Crippen LogP contribution is -2.26. The average Bonchev–Trinajstić information content (AvgIpc) is 3.48. The molecule has 0 fully saturated rings. The summed E-state index contributed by atoms with van der Waals surface area (Å²) in [5, 5.41) is 3.76. The highest BCUT2D eigenvalue weighted by Crippen LogP contribution is 2.31. The van der Waals surface area contributed by atoms with Crippen molar-refractivity contribution in [2.45, 2.75) is 31.3 Å². The van der Waals surface area contributed by atoms with Gasteiger partial charge in [0.2, 0.25) is 10.0 Å². The van der Waals surface area contributed by atoms with Crippen molar-refractivity contribution in [2.75, 3.05) is 6.61 Å². The van der Waals surface area contributed by atoms with Gasteiger partial charge in [0, 0.05) is 10.9 Å². The Morgan fingerprint density at radius 2 is 1.88 bits per heavy atom. The predicted molar refractivity (Wildman–Crippen MR) is 122 cm³/mol. The molecule has 2 heterocycles. The van der Waals surface area contributed by atoms with Crippen molar-refractivity contribution in [3.63, 3.8) is 0 Å². The van der Waals surface area contributed by atoms with Crippen molar-refractivity contribution in [1.29, 1.82) is 0 Å². The van der Waals surface area contributed by atoms with Crippen molar-refractivity contribution < 1.29 is 26.8 Å². The van der Waals surface area contributed by atoms with E-state index < -0.39 is 16.1 Å². The molecule has 1 unspecified atom stereocenters. The number of benzene rings is 2. The quantitative estimate of drug-likeness (QED) is 0.377. The first-order valence-electron chi connectivity index (χ1n) is 10.5. The highest BCUT2D eigenvalue weighted by Gasteiger charge is 2.19. The number of fused-ring (bicyclic) bond motifs is 1. The Bertz CT molecular complexity index is 1340. The fourth-order valence-electron chi connectivity index (χ4n) is 3.34. The van der Waals surface area contributed by atoms with Gasteiger partial charge in [-0.3, -0.25) is 4.79 Å². The monoisotopic (exact) mass is 468 g/mol. The molecule has 0 saturated heterocycles. The number of carbonyl (C=O) groups excluding carboxylic acids is 1. The molecular weight excluding hydrogens is 444 g/mol. The summed E-state index contributed by atoms with van der Waals surface area (Å²) in [6, 6.07) is 16.2. The van der Waals surface area contributed by atoms with Crippen LogP contribution in [-0.4, -0.2) is 20.9 Å².